The topological polar surface area (TPSA) is 24.9 Å². The maximum Gasteiger partial charge on any atom is 0.0741 e. The van der Waals surface area contributed by atoms with E-state index < -0.39 is 0 Å². The molecule has 0 aliphatic rings. The van der Waals surface area contributed by atoms with Gasteiger partial charge in [-0.2, -0.15) is 0 Å². The maximum absolute atomic E-state index is 6.18. The molecule has 0 fully saturated rings. The molecule has 0 aliphatic heterocycles. The molecule has 0 amide bonds. The van der Waals surface area contributed by atoms with Crippen molar-refractivity contribution in [3.8, 4) is 0 Å². The van der Waals surface area contributed by atoms with Crippen LogP contribution in [-0.2, 0) is 6.42 Å². The lowest BCUT2D eigenvalue weighted by atomic mass is 10.0. The Morgan fingerprint density at radius 2 is 2.00 bits per heavy atom. The molecule has 2 rings (SSSR count). The van der Waals surface area contributed by atoms with Gasteiger partial charge in [-0.15, -0.1) is 0 Å². The Kier molecular flexibility index (Phi) is 3.76. The Morgan fingerprint density at radius 3 is 2.61 bits per heavy atom. The van der Waals surface area contributed by atoms with Gasteiger partial charge in [-0.05, 0) is 43.0 Å². The third-order valence-electron chi connectivity index (χ3n) is 3.03. The molecule has 2 aromatic rings. The van der Waals surface area contributed by atoms with Crippen LogP contribution < -0.4 is 5.32 Å². The summed E-state index contributed by atoms with van der Waals surface area (Å²) in [6, 6.07) is 6.18. The highest BCUT2D eigenvalue weighted by atomic mass is 35.5. The molecular formula is C15H19ClN2. The highest BCUT2D eigenvalue weighted by molar-refractivity contribution is 6.32. The zero-order valence-electron chi connectivity index (χ0n) is 11.3. The first-order chi connectivity index (χ1) is 8.51. The number of rotatable bonds is 3. The maximum atomic E-state index is 6.18. The van der Waals surface area contributed by atoms with E-state index in [0.717, 1.165) is 39.3 Å². The number of anilines is 1. The van der Waals surface area contributed by atoms with Crippen LogP contribution in [0.3, 0.4) is 0 Å². The molecule has 2 nitrogen and oxygen atoms in total. The van der Waals surface area contributed by atoms with Gasteiger partial charge in [0.05, 0.1) is 5.52 Å². The lowest BCUT2D eigenvalue weighted by Gasteiger charge is -2.12. The van der Waals surface area contributed by atoms with Gasteiger partial charge in [-0.1, -0.05) is 25.4 Å². The van der Waals surface area contributed by atoms with Gasteiger partial charge in [0.2, 0.25) is 0 Å². The van der Waals surface area contributed by atoms with Gasteiger partial charge >= 0.3 is 0 Å². The first-order valence-corrected chi connectivity index (χ1v) is 6.66. The predicted molar refractivity (Wildman–Crippen MR) is 79.6 cm³/mol. The zero-order chi connectivity index (χ0) is 13.3. The third kappa shape index (κ3) is 2.59. The average Bonchev–Trinajstić information content (AvgIpc) is 2.29. The summed E-state index contributed by atoms with van der Waals surface area (Å²) in [5, 5.41) is 5.16. The van der Waals surface area contributed by atoms with Crippen LogP contribution in [0.1, 0.15) is 25.1 Å². The van der Waals surface area contributed by atoms with E-state index in [1.807, 2.05) is 20.0 Å². The molecule has 0 unspecified atom stereocenters. The smallest absolute Gasteiger partial charge is 0.0741 e. The van der Waals surface area contributed by atoms with Gasteiger partial charge < -0.3 is 5.32 Å². The molecule has 0 saturated carbocycles. The normalized spacial score (nSPS) is 11.2. The molecule has 1 N–H and O–H groups in total. The summed E-state index contributed by atoms with van der Waals surface area (Å²) in [4.78, 5) is 4.70. The largest absolute Gasteiger partial charge is 0.388 e. The van der Waals surface area contributed by atoms with Gasteiger partial charge in [-0.25, -0.2) is 0 Å². The van der Waals surface area contributed by atoms with Crippen LogP contribution in [0.15, 0.2) is 18.2 Å². The Morgan fingerprint density at radius 1 is 1.28 bits per heavy atom. The van der Waals surface area contributed by atoms with E-state index in [-0.39, 0.29) is 0 Å². The minimum atomic E-state index is 0.598. The van der Waals surface area contributed by atoms with Crippen molar-refractivity contribution in [1.82, 2.24) is 4.98 Å². The first kappa shape index (κ1) is 13.2. The average molecular weight is 263 g/mol. The molecule has 96 valence electrons. The van der Waals surface area contributed by atoms with Gasteiger partial charge in [-0.3, -0.25) is 4.98 Å². The molecule has 0 bridgehead atoms. The third-order valence-corrected chi connectivity index (χ3v) is 3.44. The molecule has 0 aliphatic carbocycles. The van der Waals surface area contributed by atoms with Gasteiger partial charge in [0.15, 0.2) is 0 Å². The number of hydrogen-bond donors (Lipinski definition) is 1. The second-order valence-corrected chi connectivity index (χ2v) is 5.53. The monoisotopic (exact) mass is 262 g/mol. The number of halogens is 1. The number of aromatic nitrogens is 1. The molecular weight excluding hydrogens is 244 g/mol. The van der Waals surface area contributed by atoms with Crippen molar-refractivity contribution in [1.29, 1.82) is 0 Å². The molecule has 1 aromatic heterocycles. The summed E-state index contributed by atoms with van der Waals surface area (Å²) in [7, 11) is 1.94. The molecule has 0 radical (unpaired) electrons. The van der Waals surface area contributed by atoms with Crippen LogP contribution in [0.5, 0.6) is 0 Å². The lowest BCUT2D eigenvalue weighted by molar-refractivity contribution is 0.637. The van der Waals surface area contributed by atoms with Crippen molar-refractivity contribution in [2.45, 2.75) is 27.2 Å². The van der Waals surface area contributed by atoms with Gasteiger partial charge in [0.1, 0.15) is 0 Å². The number of fused-ring (bicyclic) bond motifs is 1. The van der Waals surface area contributed by atoms with Crippen molar-refractivity contribution in [2.75, 3.05) is 12.4 Å². The molecule has 1 aromatic carbocycles. The summed E-state index contributed by atoms with van der Waals surface area (Å²) in [6.07, 6.45) is 0.982. The second-order valence-electron chi connectivity index (χ2n) is 5.13. The summed E-state index contributed by atoms with van der Waals surface area (Å²) < 4.78 is 0. The number of nitrogens with one attached hydrogen (secondary N) is 1. The van der Waals surface area contributed by atoms with Crippen LogP contribution >= 0.6 is 11.6 Å². The van der Waals surface area contributed by atoms with Crippen molar-refractivity contribution in [2.24, 2.45) is 5.92 Å². The van der Waals surface area contributed by atoms with E-state index in [4.69, 9.17) is 16.6 Å². The van der Waals surface area contributed by atoms with E-state index in [2.05, 4.69) is 31.3 Å². The number of aryl methyl sites for hydroxylation is 1. The van der Waals surface area contributed by atoms with Crippen molar-refractivity contribution in [3.63, 3.8) is 0 Å². The zero-order valence-corrected chi connectivity index (χ0v) is 12.1. The summed E-state index contributed by atoms with van der Waals surface area (Å²) >= 11 is 6.18. The Bertz CT molecular complexity index is 576. The van der Waals surface area contributed by atoms with E-state index in [9.17, 15) is 0 Å². The van der Waals surface area contributed by atoms with E-state index in [1.165, 1.54) is 0 Å². The number of hydrogen-bond acceptors (Lipinski definition) is 2. The molecule has 1 heterocycles. The highest BCUT2D eigenvalue weighted by Gasteiger charge is 2.08. The molecule has 0 spiro atoms. The van der Waals surface area contributed by atoms with Crippen LogP contribution in [0.2, 0.25) is 5.02 Å². The molecule has 18 heavy (non-hydrogen) atoms. The van der Waals surface area contributed by atoms with Crippen LogP contribution in [0, 0.1) is 12.8 Å². The van der Waals surface area contributed by atoms with Crippen LogP contribution in [0.25, 0.3) is 10.9 Å². The SMILES string of the molecule is CNc1cc(CC(C)C)nc2cc(Cl)c(C)cc12. The summed E-state index contributed by atoms with van der Waals surface area (Å²) in [5.74, 6) is 0.598. The fourth-order valence-corrected chi connectivity index (χ4v) is 2.30. The highest BCUT2D eigenvalue weighted by Crippen LogP contribution is 2.28. The number of pyridine rings is 1. The predicted octanol–water partition coefficient (Wildman–Crippen LogP) is 4.44. The first-order valence-electron chi connectivity index (χ1n) is 6.28. The van der Waals surface area contributed by atoms with E-state index in [1.54, 1.807) is 0 Å². The Labute approximate surface area is 113 Å². The summed E-state index contributed by atoms with van der Waals surface area (Å²) in [6.45, 7) is 6.42. The standard InChI is InChI=1S/C15H19ClN2/c1-9(2)5-11-7-14(17-4)12-6-10(3)13(16)8-15(12)18-11/h6-9H,5H2,1-4H3,(H,17,18). The number of nitrogens with zero attached hydrogens (tertiary/aromatic N) is 1. The van der Waals surface area contributed by atoms with Gasteiger partial charge in [0.25, 0.3) is 0 Å². The van der Waals surface area contributed by atoms with E-state index >= 15 is 0 Å². The second kappa shape index (κ2) is 5.15. The van der Waals surface area contributed by atoms with Crippen molar-refractivity contribution in [3.05, 3.63) is 34.5 Å². The van der Waals surface area contributed by atoms with Crippen LogP contribution in [-0.4, -0.2) is 12.0 Å². The van der Waals surface area contributed by atoms with Crippen molar-refractivity contribution < 1.29 is 0 Å². The van der Waals surface area contributed by atoms with Crippen molar-refractivity contribution >= 4 is 28.2 Å². The lowest BCUT2D eigenvalue weighted by Crippen LogP contribution is -2.00. The van der Waals surface area contributed by atoms with Crippen LogP contribution in [0.4, 0.5) is 5.69 Å². The Balaban J connectivity index is 2.63. The molecule has 0 saturated heterocycles. The molecule has 3 heteroatoms. The fourth-order valence-electron chi connectivity index (χ4n) is 2.14. The quantitative estimate of drug-likeness (QED) is 0.885. The van der Waals surface area contributed by atoms with E-state index in [0.29, 0.717) is 5.92 Å². The fraction of sp³-hybridized carbons (Fsp3) is 0.400. The summed E-state index contributed by atoms with van der Waals surface area (Å²) in [5.41, 5.74) is 4.28. The number of benzene rings is 1. The Hall–Kier alpha value is -1.28. The molecule has 0 atom stereocenters. The minimum Gasteiger partial charge on any atom is -0.388 e. The minimum absolute atomic E-state index is 0.598. The van der Waals surface area contributed by atoms with Gasteiger partial charge in [0, 0.05) is 28.8 Å².